The Balaban J connectivity index is 2.49. The van der Waals surface area contributed by atoms with Crippen molar-refractivity contribution < 1.29 is 0 Å². The number of hydrogen-bond donors (Lipinski definition) is 1. The van der Waals surface area contributed by atoms with E-state index in [0.29, 0.717) is 6.54 Å². The molecule has 1 N–H and O–H groups in total. The first-order chi connectivity index (χ1) is 6.92. The summed E-state index contributed by atoms with van der Waals surface area (Å²) in [5, 5.41) is 5.65. The first-order valence-corrected chi connectivity index (χ1v) is 4.57. The molecule has 0 radical (unpaired) electrons. The number of nitrogens with one attached hydrogen (secondary N) is 1. The highest BCUT2D eigenvalue weighted by Crippen LogP contribution is 2.22. The van der Waals surface area contributed by atoms with Gasteiger partial charge in [0.05, 0.1) is 6.54 Å². The molecule has 0 heterocycles. The van der Waals surface area contributed by atoms with Crippen LogP contribution in [0.2, 0.25) is 0 Å². The lowest BCUT2D eigenvalue weighted by Crippen LogP contribution is -1.98. The van der Waals surface area contributed by atoms with Gasteiger partial charge in [0.25, 0.3) is 0 Å². The molecule has 2 aromatic rings. The zero-order valence-electron chi connectivity index (χ0n) is 7.83. The van der Waals surface area contributed by atoms with Gasteiger partial charge in [0.15, 0.2) is 0 Å². The maximum Gasteiger partial charge on any atom is 0.0763 e. The van der Waals surface area contributed by atoms with E-state index in [1.54, 1.807) is 0 Å². The Kier molecular flexibility index (Phi) is 2.38. The maximum absolute atomic E-state index is 5.21. The third-order valence-electron chi connectivity index (χ3n) is 2.17. The highest BCUT2D eigenvalue weighted by atomic mass is 14.9. The van der Waals surface area contributed by atoms with Crippen LogP contribution in [0.4, 0.5) is 5.69 Å². The van der Waals surface area contributed by atoms with Gasteiger partial charge in [-0.2, -0.15) is 0 Å². The summed E-state index contributed by atoms with van der Waals surface area (Å²) in [6, 6.07) is 14.4. The minimum absolute atomic E-state index is 0.563. The molecule has 0 saturated heterocycles. The first kappa shape index (κ1) is 8.65. The van der Waals surface area contributed by atoms with E-state index in [0.717, 1.165) is 5.69 Å². The number of benzene rings is 2. The van der Waals surface area contributed by atoms with Crippen LogP contribution in [-0.2, 0) is 0 Å². The number of fused-ring (bicyclic) bond motifs is 1. The van der Waals surface area contributed by atoms with Crippen molar-refractivity contribution >= 4 is 16.5 Å². The lowest BCUT2D eigenvalue weighted by atomic mass is 10.1. The lowest BCUT2D eigenvalue weighted by Gasteiger charge is -2.06. The monoisotopic (exact) mass is 181 g/mol. The van der Waals surface area contributed by atoms with E-state index in [9.17, 15) is 0 Å². The van der Waals surface area contributed by atoms with Crippen LogP contribution in [0.3, 0.4) is 0 Å². The van der Waals surface area contributed by atoms with Gasteiger partial charge in [-0.15, -0.1) is 6.42 Å². The molecule has 0 spiro atoms. The molecule has 0 saturated carbocycles. The molecule has 0 aliphatic rings. The van der Waals surface area contributed by atoms with Crippen LogP contribution < -0.4 is 5.32 Å². The van der Waals surface area contributed by atoms with E-state index in [1.165, 1.54) is 10.8 Å². The lowest BCUT2D eigenvalue weighted by molar-refractivity contribution is 1.40. The number of terminal acetylenes is 1. The zero-order chi connectivity index (χ0) is 9.80. The van der Waals surface area contributed by atoms with Gasteiger partial charge >= 0.3 is 0 Å². The van der Waals surface area contributed by atoms with Gasteiger partial charge in [-0.1, -0.05) is 42.3 Å². The molecule has 0 fully saturated rings. The van der Waals surface area contributed by atoms with Gasteiger partial charge in [-0.05, 0) is 11.5 Å². The predicted octanol–water partition coefficient (Wildman–Crippen LogP) is 2.88. The molecular weight excluding hydrogens is 170 g/mol. The van der Waals surface area contributed by atoms with Crippen molar-refractivity contribution in [1.82, 2.24) is 0 Å². The smallest absolute Gasteiger partial charge is 0.0763 e. The molecule has 1 nitrogen and oxygen atoms in total. The molecule has 0 aliphatic heterocycles. The second-order valence-corrected chi connectivity index (χ2v) is 3.08. The van der Waals surface area contributed by atoms with Gasteiger partial charge in [0.1, 0.15) is 0 Å². The predicted molar refractivity (Wildman–Crippen MR) is 61.3 cm³/mol. The summed E-state index contributed by atoms with van der Waals surface area (Å²) < 4.78 is 0. The topological polar surface area (TPSA) is 12.0 Å². The number of rotatable bonds is 2. The highest BCUT2D eigenvalue weighted by Gasteiger charge is 1.97. The van der Waals surface area contributed by atoms with E-state index in [-0.39, 0.29) is 0 Å². The third-order valence-corrected chi connectivity index (χ3v) is 2.17. The van der Waals surface area contributed by atoms with E-state index in [4.69, 9.17) is 6.42 Å². The summed E-state index contributed by atoms with van der Waals surface area (Å²) in [4.78, 5) is 0. The average Bonchev–Trinajstić information content (AvgIpc) is 2.26. The molecule has 14 heavy (non-hydrogen) atoms. The van der Waals surface area contributed by atoms with E-state index in [2.05, 4.69) is 29.4 Å². The van der Waals surface area contributed by atoms with Gasteiger partial charge < -0.3 is 5.32 Å². The van der Waals surface area contributed by atoms with Gasteiger partial charge in [0.2, 0.25) is 0 Å². The van der Waals surface area contributed by atoms with Gasteiger partial charge in [-0.3, -0.25) is 0 Å². The molecule has 0 bridgehead atoms. The Morgan fingerprint density at radius 3 is 2.71 bits per heavy atom. The first-order valence-electron chi connectivity index (χ1n) is 4.57. The van der Waals surface area contributed by atoms with Crippen molar-refractivity contribution in [2.45, 2.75) is 0 Å². The molecular formula is C13H11N. The van der Waals surface area contributed by atoms with Gasteiger partial charge in [0, 0.05) is 11.1 Å². The normalized spacial score (nSPS) is 9.64. The minimum Gasteiger partial charge on any atom is -0.374 e. The summed E-state index contributed by atoms with van der Waals surface area (Å²) >= 11 is 0. The van der Waals surface area contributed by atoms with E-state index in [1.807, 2.05) is 24.3 Å². The molecule has 0 amide bonds. The second-order valence-electron chi connectivity index (χ2n) is 3.08. The van der Waals surface area contributed by atoms with E-state index >= 15 is 0 Å². The molecule has 1 heteroatoms. The highest BCUT2D eigenvalue weighted by molar-refractivity contribution is 5.93. The zero-order valence-corrected chi connectivity index (χ0v) is 7.83. The van der Waals surface area contributed by atoms with Crippen LogP contribution in [0.1, 0.15) is 0 Å². The summed E-state index contributed by atoms with van der Waals surface area (Å²) in [5.74, 6) is 2.57. The van der Waals surface area contributed by atoms with Gasteiger partial charge in [-0.25, -0.2) is 0 Å². The Morgan fingerprint density at radius 1 is 1.07 bits per heavy atom. The fourth-order valence-electron chi connectivity index (χ4n) is 1.53. The summed E-state index contributed by atoms with van der Waals surface area (Å²) in [5.41, 5.74) is 1.10. The third kappa shape index (κ3) is 1.55. The molecule has 2 rings (SSSR count). The van der Waals surface area contributed by atoms with Crippen molar-refractivity contribution in [3.8, 4) is 12.3 Å². The van der Waals surface area contributed by atoms with Crippen LogP contribution in [0.15, 0.2) is 42.5 Å². The van der Waals surface area contributed by atoms with Crippen LogP contribution in [0.5, 0.6) is 0 Å². The van der Waals surface area contributed by atoms with Crippen molar-refractivity contribution in [3.63, 3.8) is 0 Å². The fourth-order valence-corrected chi connectivity index (χ4v) is 1.53. The molecule has 68 valence electrons. The second kappa shape index (κ2) is 3.85. The average molecular weight is 181 g/mol. The van der Waals surface area contributed by atoms with Crippen LogP contribution in [-0.4, -0.2) is 6.54 Å². The van der Waals surface area contributed by atoms with E-state index < -0.39 is 0 Å². The number of anilines is 1. The minimum atomic E-state index is 0.563. The summed E-state index contributed by atoms with van der Waals surface area (Å²) in [6.07, 6.45) is 5.21. The SMILES string of the molecule is C#CCNc1cccc2ccccc12. The Morgan fingerprint density at radius 2 is 1.86 bits per heavy atom. The van der Waals surface area contributed by atoms with Crippen LogP contribution >= 0.6 is 0 Å². The molecule has 0 unspecified atom stereocenters. The van der Waals surface area contributed by atoms with Crippen molar-refractivity contribution in [2.75, 3.05) is 11.9 Å². The fraction of sp³-hybridized carbons (Fsp3) is 0.0769. The Bertz CT molecular complexity index is 475. The summed E-state index contributed by atoms with van der Waals surface area (Å²) in [6.45, 7) is 0.563. The maximum atomic E-state index is 5.21. The van der Waals surface area contributed by atoms with Crippen LogP contribution in [0, 0.1) is 12.3 Å². The number of hydrogen-bond acceptors (Lipinski definition) is 1. The van der Waals surface area contributed by atoms with Crippen molar-refractivity contribution in [2.24, 2.45) is 0 Å². The molecule has 0 aliphatic carbocycles. The molecule has 0 aromatic heterocycles. The van der Waals surface area contributed by atoms with Crippen LogP contribution in [0.25, 0.3) is 10.8 Å². The molecule has 0 atom stereocenters. The Hall–Kier alpha value is -1.94. The quantitative estimate of drug-likeness (QED) is 0.702. The largest absolute Gasteiger partial charge is 0.374 e. The molecule has 2 aromatic carbocycles. The summed E-state index contributed by atoms with van der Waals surface area (Å²) in [7, 11) is 0. The Labute approximate surface area is 83.8 Å². The van der Waals surface area contributed by atoms with Crippen molar-refractivity contribution in [1.29, 1.82) is 0 Å². The van der Waals surface area contributed by atoms with Crippen molar-refractivity contribution in [3.05, 3.63) is 42.5 Å². The standard InChI is InChI=1S/C13H11N/c1-2-10-14-13-9-5-7-11-6-3-4-8-12(11)13/h1,3-9,14H,10H2.